The summed E-state index contributed by atoms with van der Waals surface area (Å²) in [5.41, 5.74) is 1.29. The molecular weight excluding hydrogens is 608 g/mol. The van der Waals surface area contributed by atoms with Crippen LogP contribution in [0.2, 0.25) is 5.02 Å². The van der Waals surface area contributed by atoms with Crippen LogP contribution in [0.3, 0.4) is 0 Å². The van der Waals surface area contributed by atoms with Gasteiger partial charge in [0.25, 0.3) is 5.56 Å². The first kappa shape index (κ1) is 33.3. The van der Waals surface area contributed by atoms with Crippen molar-refractivity contribution in [2.75, 3.05) is 26.2 Å². The van der Waals surface area contributed by atoms with E-state index in [0.717, 1.165) is 44.1 Å². The largest absolute Gasteiger partial charge is 0.444 e. The lowest BCUT2D eigenvalue weighted by atomic mass is 9.73. The van der Waals surface area contributed by atoms with E-state index in [1.165, 1.54) is 11.8 Å². The van der Waals surface area contributed by atoms with Gasteiger partial charge < -0.3 is 14.5 Å². The predicted octanol–water partition coefficient (Wildman–Crippen LogP) is 7.64. The number of amides is 2. The first-order valence-electron chi connectivity index (χ1n) is 16.1. The number of hydrogen-bond donors (Lipinski definition) is 0. The smallest absolute Gasteiger partial charge is 0.410 e. The van der Waals surface area contributed by atoms with Crippen LogP contribution in [0.4, 0.5) is 4.79 Å². The van der Waals surface area contributed by atoms with Crippen LogP contribution in [0.5, 0.6) is 0 Å². The van der Waals surface area contributed by atoms with E-state index in [1.54, 1.807) is 22.8 Å². The van der Waals surface area contributed by atoms with Crippen LogP contribution >= 0.6 is 23.4 Å². The average molecular weight is 653 g/mol. The molecule has 2 aliphatic rings. The molecule has 3 heterocycles. The Morgan fingerprint density at radius 2 is 1.76 bits per heavy atom. The number of aryl methyl sites for hydroxylation is 1. The van der Waals surface area contributed by atoms with E-state index >= 15 is 0 Å². The van der Waals surface area contributed by atoms with Crippen molar-refractivity contribution in [2.45, 2.75) is 95.6 Å². The molecule has 3 aromatic rings. The number of carbonyl (C=O) groups excluding carboxylic acids is 2. The second-order valence-electron chi connectivity index (χ2n) is 13.6. The first-order chi connectivity index (χ1) is 21.4. The van der Waals surface area contributed by atoms with Crippen LogP contribution < -0.4 is 5.56 Å². The highest BCUT2D eigenvalue weighted by molar-refractivity contribution is 8.00. The third kappa shape index (κ3) is 7.68. The molecule has 1 aromatic heterocycles. The molecule has 5 rings (SSSR count). The predicted molar refractivity (Wildman–Crippen MR) is 182 cm³/mol. The molecule has 2 atom stereocenters. The number of rotatable bonds is 7. The summed E-state index contributed by atoms with van der Waals surface area (Å²) in [6.07, 6.45) is 5.95. The zero-order valence-electron chi connectivity index (χ0n) is 27.1. The number of halogens is 1. The lowest BCUT2D eigenvalue weighted by molar-refractivity contribution is -0.135. The maximum atomic E-state index is 14.4. The molecule has 0 bridgehead atoms. The molecule has 2 aromatic carbocycles. The van der Waals surface area contributed by atoms with E-state index in [2.05, 4.69) is 6.92 Å². The molecule has 2 fully saturated rings. The molecule has 0 aliphatic carbocycles. The zero-order valence-corrected chi connectivity index (χ0v) is 28.7. The molecule has 0 saturated carbocycles. The molecule has 2 unspecified atom stereocenters. The van der Waals surface area contributed by atoms with Gasteiger partial charge in [0.05, 0.1) is 21.8 Å². The van der Waals surface area contributed by atoms with Gasteiger partial charge in [0.1, 0.15) is 5.60 Å². The highest BCUT2D eigenvalue weighted by Gasteiger charge is 2.43. The molecule has 10 heteroatoms. The van der Waals surface area contributed by atoms with Gasteiger partial charge in [-0.3, -0.25) is 14.2 Å². The number of hydrogen-bond acceptors (Lipinski definition) is 6. The summed E-state index contributed by atoms with van der Waals surface area (Å²) in [5.74, 6) is 0.0682. The van der Waals surface area contributed by atoms with Crippen LogP contribution in [0.15, 0.2) is 52.4 Å². The minimum atomic E-state index is -0.554. The number of likely N-dealkylation sites (tertiary alicyclic amines) is 2. The Morgan fingerprint density at radius 3 is 2.44 bits per heavy atom. The average Bonchev–Trinajstić information content (AvgIpc) is 2.99. The van der Waals surface area contributed by atoms with Gasteiger partial charge in [0.15, 0.2) is 5.16 Å². The normalized spacial score (nSPS) is 19.6. The summed E-state index contributed by atoms with van der Waals surface area (Å²) in [7, 11) is 0. The first-order valence-corrected chi connectivity index (χ1v) is 17.4. The highest BCUT2D eigenvalue weighted by atomic mass is 35.5. The van der Waals surface area contributed by atoms with Crippen molar-refractivity contribution in [2.24, 2.45) is 5.41 Å². The number of ether oxygens (including phenoxy) is 1. The molecule has 8 nitrogen and oxygen atoms in total. The maximum Gasteiger partial charge on any atom is 0.410 e. The second-order valence-corrected chi connectivity index (χ2v) is 15.2. The van der Waals surface area contributed by atoms with Crippen molar-refractivity contribution in [1.82, 2.24) is 19.4 Å². The number of benzene rings is 2. The van der Waals surface area contributed by atoms with Crippen LogP contribution in [0.1, 0.15) is 78.2 Å². The highest BCUT2D eigenvalue weighted by Crippen LogP contribution is 2.40. The maximum absolute atomic E-state index is 14.4. The minimum absolute atomic E-state index is 0.0682. The number of fused-ring (bicyclic) bond motifs is 1. The SMILES string of the molecule is CCCCC(Sc1nc2c(C)cccc2c(=O)n1-c1cccc(Cl)c1)C(=O)N1CCCC2(CCCN(C(=O)OC(C)(C)C)C2)C1. The van der Waals surface area contributed by atoms with E-state index in [-0.39, 0.29) is 23.0 Å². The van der Waals surface area contributed by atoms with E-state index < -0.39 is 10.9 Å². The number of carbonyl (C=O) groups is 2. The van der Waals surface area contributed by atoms with Gasteiger partial charge in [0, 0.05) is 36.6 Å². The molecule has 2 amide bonds. The summed E-state index contributed by atoms with van der Waals surface area (Å²) >= 11 is 7.74. The van der Waals surface area contributed by atoms with Gasteiger partial charge in [-0.1, -0.05) is 61.3 Å². The van der Waals surface area contributed by atoms with Crippen molar-refractivity contribution in [3.63, 3.8) is 0 Å². The quantitative estimate of drug-likeness (QED) is 0.193. The van der Waals surface area contributed by atoms with E-state index in [1.807, 2.05) is 61.8 Å². The number of aromatic nitrogens is 2. The third-order valence-electron chi connectivity index (χ3n) is 8.77. The molecule has 2 aliphatic heterocycles. The topological polar surface area (TPSA) is 84.7 Å². The number of piperidine rings is 2. The molecule has 1 spiro atoms. The van der Waals surface area contributed by atoms with Crippen molar-refractivity contribution >= 4 is 46.3 Å². The van der Waals surface area contributed by atoms with Crippen molar-refractivity contribution in [1.29, 1.82) is 0 Å². The van der Waals surface area contributed by atoms with Gasteiger partial charge in [-0.25, -0.2) is 9.78 Å². The molecular formula is C35H45ClN4O4S. The van der Waals surface area contributed by atoms with Crippen LogP contribution in [-0.2, 0) is 9.53 Å². The summed E-state index contributed by atoms with van der Waals surface area (Å²) < 4.78 is 7.30. The fourth-order valence-electron chi connectivity index (χ4n) is 6.63. The summed E-state index contributed by atoms with van der Waals surface area (Å²) in [6.45, 7) is 12.3. The number of unbranched alkanes of at least 4 members (excludes halogenated alkanes) is 1. The van der Waals surface area contributed by atoms with E-state index in [9.17, 15) is 14.4 Å². The monoisotopic (exact) mass is 652 g/mol. The van der Waals surface area contributed by atoms with Gasteiger partial charge >= 0.3 is 6.09 Å². The van der Waals surface area contributed by atoms with E-state index in [4.69, 9.17) is 21.3 Å². The molecule has 45 heavy (non-hydrogen) atoms. The Labute approximate surface area is 275 Å². The Bertz CT molecular complexity index is 1620. The van der Waals surface area contributed by atoms with Gasteiger partial charge in [-0.2, -0.15) is 0 Å². The second kappa shape index (κ2) is 13.8. The van der Waals surface area contributed by atoms with Gasteiger partial charge in [0.2, 0.25) is 5.91 Å². The van der Waals surface area contributed by atoms with Crippen molar-refractivity contribution < 1.29 is 14.3 Å². The summed E-state index contributed by atoms with van der Waals surface area (Å²) in [6, 6.07) is 12.8. The lowest BCUT2D eigenvalue weighted by Crippen LogP contribution is -2.56. The molecule has 242 valence electrons. The van der Waals surface area contributed by atoms with Crippen LogP contribution in [-0.4, -0.2) is 68.4 Å². The lowest BCUT2D eigenvalue weighted by Gasteiger charge is -2.48. The minimum Gasteiger partial charge on any atom is -0.444 e. The van der Waals surface area contributed by atoms with E-state index in [0.29, 0.717) is 59.4 Å². The fraction of sp³-hybridized carbons (Fsp3) is 0.543. The fourth-order valence-corrected chi connectivity index (χ4v) is 8.04. The number of thioether (sulfide) groups is 1. The number of para-hydroxylation sites is 1. The Morgan fingerprint density at radius 1 is 1.07 bits per heavy atom. The Balaban J connectivity index is 1.46. The van der Waals surface area contributed by atoms with Crippen molar-refractivity contribution in [3.8, 4) is 5.69 Å². The summed E-state index contributed by atoms with van der Waals surface area (Å²) in [5, 5.41) is 1.12. The van der Waals surface area contributed by atoms with Gasteiger partial charge in [-0.05, 0) is 89.6 Å². The molecule has 2 saturated heterocycles. The standard InChI is InChI=1S/C35H45ClN4O4S/c1-6-7-16-28(31(42)38-19-10-17-35(22-38)18-11-20-39(23-35)33(43)44-34(3,4)5)45-32-37-29-24(2)12-8-15-27(29)30(41)40(32)26-14-9-13-25(36)21-26/h8-9,12-15,21,28H,6-7,10-11,16-20,22-23H2,1-5H3. The van der Waals surface area contributed by atoms with Gasteiger partial charge in [-0.15, -0.1) is 0 Å². The summed E-state index contributed by atoms with van der Waals surface area (Å²) in [4.78, 5) is 50.2. The zero-order chi connectivity index (χ0) is 32.4. The molecule has 0 N–H and O–H groups in total. The van der Waals surface area contributed by atoms with Crippen LogP contribution in [0.25, 0.3) is 16.6 Å². The number of nitrogens with zero attached hydrogens (tertiary/aromatic N) is 4. The van der Waals surface area contributed by atoms with Crippen LogP contribution in [0, 0.1) is 12.3 Å². The third-order valence-corrected chi connectivity index (χ3v) is 10.2. The Kier molecular flexibility index (Phi) is 10.2. The van der Waals surface area contributed by atoms with Crippen molar-refractivity contribution in [3.05, 3.63) is 63.4 Å². The Hall–Kier alpha value is -3.04. The molecule has 0 radical (unpaired) electrons.